The fourth-order valence-corrected chi connectivity index (χ4v) is 3.57. The minimum absolute atomic E-state index is 0.0454. The van der Waals surface area contributed by atoms with Crippen LogP contribution in [0.15, 0.2) is 46.8 Å². The van der Waals surface area contributed by atoms with Gasteiger partial charge in [-0.3, -0.25) is 19.0 Å². The van der Waals surface area contributed by atoms with E-state index in [0.29, 0.717) is 21.7 Å². The van der Waals surface area contributed by atoms with E-state index in [4.69, 9.17) is 9.47 Å². The molecule has 0 aliphatic rings. The highest BCUT2D eigenvalue weighted by atomic mass is 32.1. The number of hydrogen-bond acceptors (Lipinski definition) is 7. The van der Waals surface area contributed by atoms with Crippen molar-refractivity contribution in [2.45, 2.75) is 32.9 Å². The summed E-state index contributed by atoms with van der Waals surface area (Å²) < 4.78 is 11.9. The van der Waals surface area contributed by atoms with Gasteiger partial charge in [-0.05, 0) is 41.6 Å². The first-order valence-electron chi connectivity index (χ1n) is 9.46. The number of anilines is 1. The Kier molecular flexibility index (Phi) is 6.83. The van der Waals surface area contributed by atoms with Gasteiger partial charge in [-0.2, -0.15) is 0 Å². The maximum atomic E-state index is 12.6. The second-order valence-corrected chi connectivity index (χ2v) is 7.90. The number of aromatic nitrogens is 2. The SMILES string of the molecule is COc1ccc(NC(=O)[C@H](OC(=O)CCn2cnc3sccc3c2=O)C(C)C)cc1. The number of thiophene rings is 1. The summed E-state index contributed by atoms with van der Waals surface area (Å²) in [6, 6.07) is 8.57. The summed E-state index contributed by atoms with van der Waals surface area (Å²) >= 11 is 1.38. The van der Waals surface area contributed by atoms with Gasteiger partial charge in [-0.15, -0.1) is 11.3 Å². The van der Waals surface area contributed by atoms with Crippen LogP contribution in [0.3, 0.4) is 0 Å². The number of benzene rings is 1. The van der Waals surface area contributed by atoms with Crippen LogP contribution in [0.4, 0.5) is 5.69 Å². The molecule has 1 N–H and O–H groups in total. The Labute approximate surface area is 177 Å². The molecule has 0 fully saturated rings. The number of carbonyl (C=O) groups excluding carboxylic acids is 2. The largest absolute Gasteiger partial charge is 0.497 e. The van der Waals surface area contributed by atoms with E-state index in [0.717, 1.165) is 0 Å². The predicted molar refractivity (Wildman–Crippen MR) is 115 cm³/mol. The third-order valence-electron chi connectivity index (χ3n) is 4.49. The van der Waals surface area contributed by atoms with Crippen LogP contribution in [-0.2, 0) is 20.9 Å². The molecule has 30 heavy (non-hydrogen) atoms. The summed E-state index contributed by atoms with van der Waals surface area (Å²) in [5, 5.41) is 5.07. The quantitative estimate of drug-likeness (QED) is 0.553. The Morgan fingerprint density at radius 3 is 2.60 bits per heavy atom. The number of carbonyl (C=O) groups is 2. The Morgan fingerprint density at radius 1 is 1.20 bits per heavy atom. The van der Waals surface area contributed by atoms with Crippen molar-refractivity contribution < 1.29 is 19.1 Å². The number of methoxy groups -OCH3 is 1. The van der Waals surface area contributed by atoms with Gasteiger partial charge < -0.3 is 14.8 Å². The van der Waals surface area contributed by atoms with Crippen LogP contribution < -0.4 is 15.6 Å². The summed E-state index contributed by atoms with van der Waals surface area (Å²) in [6.07, 6.45) is 0.426. The maximum Gasteiger partial charge on any atom is 0.308 e. The fourth-order valence-electron chi connectivity index (χ4n) is 2.84. The fraction of sp³-hybridized carbons (Fsp3) is 0.333. The Balaban J connectivity index is 1.60. The molecule has 158 valence electrons. The topological polar surface area (TPSA) is 99.5 Å². The van der Waals surface area contributed by atoms with Crippen LogP contribution in [0.1, 0.15) is 20.3 Å². The van der Waals surface area contributed by atoms with Crippen LogP contribution in [0.2, 0.25) is 0 Å². The number of aryl methyl sites for hydroxylation is 1. The second-order valence-electron chi connectivity index (χ2n) is 7.00. The van der Waals surface area contributed by atoms with Crippen molar-refractivity contribution in [2.24, 2.45) is 5.92 Å². The number of esters is 1. The molecular formula is C21H23N3O5S. The molecule has 2 heterocycles. The van der Waals surface area contributed by atoms with Gasteiger partial charge in [0.2, 0.25) is 0 Å². The Hall–Kier alpha value is -3.20. The lowest BCUT2D eigenvalue weighted by Gasteiger charge is -2.21. The lowest BCUT2D eigenvalue weighted by molar-refractivity contribution is -0.157. The number of hydrogen-bond donors (Lipinski definition) is 1. The standard InChI is InChI=1S/C21H23N3O5S/c1-13(2)18(19(26)23-14-4-6-15(28-3)7-5-14)29-17(25)8-10-24-12-22-20-16(21(24)27)9-11-30-20/h4-7,9,11-13,18H,8,10H2,1-3H3,(H,23,26)/t18-/m1/s1. The summed E-state index contributed by atoms with van der Waals surface area (Å²) in [5.41, 5.74) is 0.371. The highest BCUT2D eigenvalue weighted by Gasteiger charge is 2.26. The summed E-state index contributed by atoms with van der Waals surface area (Å²) in [6.45, 7) is 3.72. The zero-order valence-corrected chi connectivity index (χ0v) is 17.8. The molecule has 0 radical (unpaired) electrons. The molecule has 1 atom stereocenters. The predicted octanol–water partition coefficient (Wildman–Crippen LogP) is 3.06. The molecule has 3 rings (SSSR count). The summed E-state index contributed by atoms with van der Waals surface area (Å²) in [7, 11) is 1.56. The van der Waals surface area contributed by atoms with Crippen molar-refractivity contribution >= 4 is 39.1 Å². The van der Waals surface area contributed by atoms with E-state index < -0.39 is 18.0 Å². The van der Waals surface area contributed by atoms with Crippen molar-refractivity contribution in [3.63, 3.8) is 0 Å². The number of rotatable bonds is 8. The highest BCUT2D eigenvalue weighted by molar-refractivity contribution is 7.16. The Morgan fingerprint density at radius 2 is 1.93 bits per heavy atom. The van der Waals surface area contributed by atoms with E-state index in [1.807, 2.05) is 0 Å². The summed E-state index contributed by atoms with van der Waals surface area (Å²) in [5.74, 6) is -0.526. The number of fused-ring (bicyclic) bond motifs is 1. The van der Waals surface area contributed by atoms with E-state index >= 15 is 0 Å². The van der Waals surface area contributed by atoms with Gasteiger partial charge in [0.15, 0.2) is 6.10 Å². The summed E-state index contributed by atoms with van der Waals surface area (Å²) in [4.78, 5) is 42.2. The maximum absolute atomic E-state index is 12.6. The molecule has 9 heteroatoms. The van der Waals surface area contributed by atoms with E-state index in [9.17, 15) is 14.4 Å². The molecule has 3 aromatic rings. The highest BCUT2D eigenvalue weighted by Crippen LogP contribution is 2.17. The first-order valence-corrected chi connectivity index (χ1v) is 10.3. The third-order valence-corrected chi connectivity index (χ3v) is 5.31. The number of nitrogens with one attached hydrogen (secondary N) is 1. The molecule has 0 saturated heterocycles. The van der Waals surface area contributed by atoms with Gasteiger partial charge >= 0.3 is 5.97 Å². The van der Waals surface area contributed by atoms with Gasteiger partial charge in [0, 0.05) is 12.2 Å². The minimum atomic E-state index is -0.950. The first kappa shape index (κ1) is 21.5. The van der Waals surface area contributed by atoms with Crippen molar-refractivity contribution in [1.82, 2.24) is 9.55 Å². The smallest absolute Gasteiger partial charge is 0.308 e. The first-order chi connectivity index (χ1) is 14.4. The average Bonchev–Trinajstić information content (AvgIpc) is 3.21. The number of ether oxygens (including phenoxy) is 2. The van der Waals surface area contributed by atoms with Crippen molar-refractivity contribution in [3.8, 4) is 5.75 Å². The molecule has 0 aliphatic carbocycles. The van der Waals surface area contributed by atoms with Gasteiger partial charge in [0.1, 0.15) is 10.6 Å². The van der Waals surface area contributed by atoms with Crippen LogP contribution in [-0.4, -0.2) is 34.6 Å². The van der Waals surface area contributed by atoms with Gasteiger partial charge in [-0.25, -0.2) is 4.98 Å². The van der Waals surface area contributed by atoms with E-state index in [1.54, 1.807) is 56.7 Å². The molecule has 1 aromatic carbocycles. The lowest BCUT2D eigenvalue weighted by Crippen LogP contribution is -2.37. The molecule has 0 aliphatic heterocycles. The van der Waals surface area contributed by atoms with Gasteiger partial charge in [-0.1, -0.05) is 13.8 Å². The molecule has 0 unspecified atom stereocenters. The zero-order valence-electron chi connectivity index (χ0n) is 17.0. The zero-order chi connectivity index (χ0) is 21.7. The Bertz CT molecular complexity index is 1090. The second kappa shape index (κ2) is 9.53. The van der Waals surface area contributed by atoms with E-state index in [1.165, 1.54) is 22.2 Å². The molecule has 0 bridgehead atoms. The molecule has 8 nitrogen and oxygen atoms in total. The number of amides is 1. The van der Waals surface area contributed by atoms with Crippen LogP contribution in [0.25, 0.3) is 10.2 Å². The van der Waals surface area contributed by atoms with Gasteiger partial charge in [0.25, 0.3) is 11.5 Å². The van der Waals surface area contributed by atoms with Crippen LogP contribution in [0, 0.1) is 5.92 Å². The minimum Gasteiger partial charge on any atom is -0.497 e. The van der Waals surface area contributed by atoms with E-state index in [-0.39, 0.29) is 24.4 Å². The van der Waals surface area contributed by atoms with Crippen molar-refractivity contribution in [1.29, 1.82) is 0 Å². The van der Waals surface area contributed by atoms with Crippen LogP contribution in [0.5, 0.6) is 5.75 Å². The average molecular weight is 429 g/mol. The molecule has 0 spiro atoms. The van der Waals surface area contributed by atoms with Crippen LogP contribution >= 0.6 is 11.3 Å². The third kappa shape index (κ3) is 5.04. The number of nitrogens with zero attached hydrogens (tertiary/aromatic N) is 2. The van der Waals surface area contributed by atoms with Crippen molar-refractivity contribution in [3.05, 3.63) is 52.4 Å². The molecule has 1 amide bonds. The molecular weight excluding hydrogens is 406 g/mol. The normalized spacial score (nSPS) is 12.0. The molecule has 0 saturated carbocycles. The van der Waals surface area contributed by atoms with Crippen molar-refractivity contribution in [2.75, 3.05) is 12.4 Å². The molecule has 2 aromatic heterocycles. The monoisotopic (exact) mass is 429 g/mol. The lowest BCUT2D eigenvalue weighted by atomic mass is 10.1. The van der Waals surface area contributed by atoms with Gasteiger partial charge in [0.05, 0.1) is 25.2 Å². The van der Waals surface area contributed by atoms with E-state index in [2.05, 4.69) is 10.3 Å².